The van der Waals surface area contributed by atoms with Crippen LogP contribution >= 0.6 is 15.9 Å². The van der Waals surface area contributed by atoms with Crippen LogP contribution in [-0.2, 0) is 5.41 Å². The number of nitrogens with one attached hydrogen (secondary N) is 1. The van der Waals surface area contributed by atoms with Gasteiger partial charge < -0.3 is 4.98 Å². The molecule has 0 radical (unpaired) electrons. The topological polar surface area (TPSA) is 50.2 Å². The number of H-pyrrole nitrogens is 1. The maximum Gasteiger partial charge on any atom is 0.273 e. The van der Waals surface area contributed by atoms with Gasteiger partial charge in [0.1, 0.15) is 4.47 Å². The molecule has 0 unspecified atom stereocenters. The summed E-state index contributed by atoms with van der Waals surface area (Å²) >= 11 is 3.25. The molecule has 16 heavy (non-hydrogen) atoms. The van der Waals surface area contributed by atoms with Gasteiger partial charge in [-0.05, 0) is 22.9 Å². The van der Waals surface area contributed by atoms with Gasteiger partial charge in [0.25, 0.3) is 5.56 Å². The average molecular weight is 284 g/mol. The number of aromatic nitrogens is 3. The lowest BCUT2D eigenvalue weighted by Gasteiger charge is -2.14. The molecular formula is C11H14BrN3O. The minimum atomic E-state index is -0.0748. The van der Waals surface area contributed by atoms with Crippen LogP contribution in [0.4, 0.5) is 0 Å². The quantitative estimate of drug-likeness (QED) is 0.807. The number of aryl methyl sites for hydroxylation is 1. The lowest BCUT2D eigenvalue weighted by atomic mass is 9.93. The van der Waals surface area contributed by atoms with Gasteiger partial charge in [-0.1, -0.05) is 20.8 Å². The number of aromatic amines is 1. The van der Waals surface area contributed by atoms with Crippen molar-refractivity contribution in [2.45, 2.75) is 33.1 Å². The molecule has 4 nitrogen and oxygen atoms in total. The number of hydrogen-bond donors (Lipinski definition) is 1. The van der Waals surface area contributed by atoms with Crippen molar-refractivity contribution in [1.29, 1.82) is 0 Å². The van der Waals surface area contributed by atoms with E-state index in [-0.39, 0.29) is 11.0 Å². The van der Waals surface area contributed by atoms with Crippen LogP contribution in [0.1, 0.15) is 32.2 Å². The maximum atomic E-state index is 11.9. The fraction of sp³-hybridized carbons (Fsp3) is 0.455. The Morgan fingerprint density at radius 1 is 1.44 bits per heavy atom. The third kappa shape index (κ3) is 1.69. The molecule has 0 bridgehead atoms. The number of nitrogens with zero attached hydrogens (tertiary/aromatic N) is 2. The highest BCUT2D eigenvalue weighted by atomic mass is 79.9. The highest BCUT2D eigenvalue weighted by molar-refractivity contribution is 9.10. The number of hydrogen-bond acceptors (Lipinski definition) is 2. The van der Waals surface area contributed by atoms with Crippen molar-refractivity contribution in [3.05, 3.63) is 32.4 Å². The van der Waals surface area contributed by atoms with E-state index in [9.17, 15) is 4.79 Å². The van der Waals surface area contributed by atoms with Crippen molar-refractivity contribution in [1.82, 2.24) is 14.4 Å². The SMILES string of the molecule is Cc1nc2[nH]c(C(C)(C)C)cn2c(=O)c1Br. The maximum absolute atomic E-state index is 11.9. The molecule has 2 aromatic heterocycles. The second-order valence-electron chi connectivity index (χ2n) is 4.93. The molecule has 5 heteroatoms. The lowest BCUT2D eigenvalue weighted by molar-refractivity contribution is 0.573. The molecule has 0 fully saturated rings. The van der Waals surface area contributed by atoms with E-state index in [2.05, 4.69) is 46.7 Å². The number of imidazole rings is 1. The van der Waals surface area contributed by atoms with Crippen molar-refractivity contribution < 1.29 is 0 Å². The summed E-state index contributed by atoms with van der Waals surface area (Å²) < 4.78 is 2.06. The van der Waals surface area contributed by atoms with Crippen molar-refractivity contribution in [2.24, 2.45) is 0 Å². The van der Waals surface area contributed by atoms with Crippen LogP contribution in [0.2, 0.25) is 0 Å². The molecule has 0 aliphatic carbocycles. The van der Waals surface area contributed by atoms with Crippen molar-refractivity contribution in [3.8, 4) is 0 Å². The predicted molar refractivity (Wildman–Crippen MR) is 66.9 cm³/mol. The first-order valence-electron chi connectivity index (χ1n) is 5.08. The zero-order valence-electron chi connectivity index (χ0n) is 9.76. The Bertz CT molecular complexity index is 604. The van der Waals surface area contributed by atoms with Crippen LogP contribution < -0.4 is 5.56 Å². The molecule has 1 N–H and O–H groups in total. The van der Waals surface area contributed by atoms with Crippen LogP contribution in [0.5, 0.6) is 0 Å². The van der Waals surface area contributed by atoms with E-state index < -0.39 is 0 Å². The normalized spacial score (nSPS) is 12.3. The summed E-state index contributed by atoms with van der Waals surface area (Å²) in [6.07, 6.45) is 1.81. The number of rotatable bonds is 0. The third-order valence-corrected chi connectivity index (χ3v) is 3.45. The van der Waals surface area contributed by atoms with Gasteiger partial charge in [0.2, 0.25) is 5.78 Å². The first-order valence-corrected chi connectivity index (χ1v) is 5.88. The fourth-order valence-electron chi connectivity index (χ4n) is 1.49. The highest BCUT2D eigenvalue weighted by Crippen LogP contribution is 2.21. The molecule has 0 aliphatic rings. The van der Waals surface area contributed by atoms with Crippen LogP contribution in [0, 0.1) is 6.92 Å². The van der Waals surface area contributed by atoms with Crippen molar-refractivity contribution >= 4 is 21.7 Å². The van der Waals surface area contributed by atoms with Crippen LogP contribution in [0.3, 0.4) is 0 Å². The van der Waals surface area contributed by atoms with Gasteiger partial charge in [0.05, 0.1) is 5.69 Å². The molecule has 0 atom stereocenters. The summed E-state index contributed by atoms with van der Waals surface area (Å²) in [5.41, 5.74) is 1.59. The van der Waals surface area contributed by atoms with E-state index in [1.807, 2.05) is 13.1 Å². The fourth-order valence-corrected chi connectivity index (χ4v) is 1.77. The zero-order valence-corrected chi connectivity index (χ0v) is 11.3. The van der Waals surface area contributed by atoms with Crippen LogP contribution in [-0.4, -0.2) is 14.4 Å². The van der Waals surface area contributed by atoms with E-state index in [4.69, 9.17) is 0 Å². The summed E-state index contributed by atoms with van der Waals surface area (Å²) in [4.78, 5) is 19.5. The van der Waals surface area contributed by atoms with Gasteiger partial charge in [-0.25, -0.2) is 4.98 Å². The number of fused-ring (bicyclic) bond motifs is 1. The molecular weight excluding hydrogens is 270 g/mol. The molecule has 0 saturated heterocycles. The van der Waals surface area contributed by atoms with Gasteiger partial charge in [-0.3, -0.25) is 9.20 Å². The molecule has 86 valence electrons. The van der Waals surface area contributed by atoms with E-state index in [1.54, 1.807) is 0 Å². The summed E-state index contributed by atoms with van der Waals surface area (Å²) in [5, 5.41) is 0. The average Bonchev–Trinajstić information content (AvgIpc) is 2.57. The Kier molecular flexibility index (Phi) is 2.45. The smallest absolute Gasteiger partial charge is 0.273 e. The van der Waals surface area contributed by atoms with E-state index in [0.29, 0.717) is 15.9 Å². The molecule has 2 rings (SSSR count). The Morgan fingerprint density at radius 2 is 2.06 bits per heavy atom. The predicted octanol–water partition coefficient (Wildman–Crippen LogP) is 2.39. The van der Waals surface area contributed by atoms with Gasteiger partial charge in [0, 0.05) is 17.3 Å². The first kappa shape index (κ1) is 11.4. The lowest BCUT2D eigenvalue weighted by Crippen LogP contribution is -2.15. The number of halogens is 1. The minimum Gasteiger partial charge on any atom is -0.327 e. The van der Waals surface area contributed by atoms with Gasteiger partial charge >= 0.3 is 0 Å². The van der Waals surface area contributed by atoms with E-state index in [0.717, 1.165) is 5.69 Å². The summed E-state index contributed by atoms with van der Waals surface area (Å²) in [7, 11) is 0. The molecule has 2 aromatic rings. The summed E-state index contributed by atoms with van der Waals surface area (Å²) in [6, 6.07) is 0. The molecule has 0 aromatic carbocycles. The molecule has 0 saturated carbocycles. The molecule has 2 heterocycles. The third-order valence-electron chi connectivity index (χ3n) is 2.54. The highest BCUT2D eigenvalue weighted by Gasteiger charge is 2.18. The van der Waals surface area contributed by atoms with Gasteiger partial charge in [-0.15, -0.1) is 0 Å². The zero-order chi connectivity index (χ0) is 12.1. The van der Waals surface area contributed by atoms with Crippen LogP contribution in [0.25, 0.3) is 5.78 Å². The minimum absolute atomic E-state index is 0.0273. The summed E-state index contributed by atoms with van der Waals surface area (Å²) in [5.74, 6) is 0.593. The molecule has 0 aliphatic heterocycles. The second kappa shape index (κ2) is 3.45. The molecule has 0 spiro atoms. The van der Waals surface area contributed by atoms with Crippen molar-refractivity contribution in [3.63, 3.8) is 0 Å². The standard InChI is InChI=1S/C11H14BrN3O/c1-6-8(12)9(16)15-5-7(11(2,3)4)14-10(15)13-6/h5H,1-4H3,(H,13,14). The van der Waals surface area contributed by atoms with Crippen LogP contribution in [0.15, 0.2) is 15.5 Å². The molecule has 0 amide bonds. The first-order chi connectivity index (χ1) is 7.30. The van der Waals surface area contributed by atoms with E-state index in [1.165, 1.54) is 4.40 Å². The largest absolute Gasteiger partial charge is 0.327 e. The van der Waals surface area contributed by atoms with E-state index >= 15 is 0 Å². The summed E-state index contributed by atoms with van der Waals surface area (Å²) in [6.45, 7) is 8.07. The monoisotopic (exact) mass is 283 g/mol. The van der Waals surface area contributed by atoms with Gasteiger partial charge in [0.15, 0.2) is 0 Å². The van der Waals surface area contributed by atoms with Gasteiger partial charge in [-0.2, -0.15) is 0 Å². The Morgan fingerprint density at radius 3 is 2.62 bits per heavy atom. The Hall–Kier alpha value is -1.10. The Labute approximate surface area is 102 Å². The Balaban J connectivity index is 2.82. The second-order valence-corrected chi connectivity index (χ2v) is 5.72. The van der Waals surface area contributed by atoms with Crippen molar-refractivity contribution in [2.75, 3.05) is 0 Å².